The highest BCUT2D eigenvalue weighted by Gasteiger charge is 2.00. The molecule has 0 bridgehead atoms. The van der Waals surface area contributed by atoms with Gasteiger partial charge in [-0.05, 0) is 12.8 Å². The summed E-state index contributed by atoms with van der Waals surface area (Å²) in [6, 6.07) is 0. The van der Waals surface area contributed by atoms with Gasteiger partial charge in [0.15, 0.2) is 0 Å². The molecule has 0 saturated carbocycles. The predicted octanol–water partition coefficient (Wildman–Crippen LogP) is 1.34. The van der Waals surface area contributed by atoms with Gasteiger partial charge >= 0.3 is 0 Å². The molecule has 0 amide bonds. The molecule has 1 heterocycles. The van der Waals surface area contributed by atoms with Gasteiger partial charge < -0.3 is 5.32 Å². The maximum Gasteiger partial charge on any atom is 0.0966 e. The maximum atomic E-state index is 4.32. The Balaban J connectivity index is 2.24. The van der Waals surface area contributed by atoms with Crippen LogP contribution in [0.25, 0.3) is 0 Å². The molecule has 1 rings (SSSR count). The molecule has 0 unspecified atom stereocenters. The highest BCUT2D eigenvalue weighted by atomic mass is 15.0. The lowest BCUT2D eigenvalue weighted by molar-refractivity contribution is 0.724. The fourth-order valence-corrected chi connectivity index (χ4v) is 0.988. The van der Waals surface area contributed by atoms with Gasteiger partial charge in [0, 0.05) is 19.5 Å². The fraction of sp³-hybridized carbons (Fsp3) is 0.625. The molecule has 1 aliphatic rings. The lowest BCUT2D eigenvalue weighted by Gasteiger charge is -2.13. The zero-order chi connectivity index (χ0) is 7.23. The minimum atomic E-state index is 0.999. The van der Waals surface area contributed by atoms with Crippen molar-refractivity contribution in [3.8, 4) is 0 Å². The number of hydrogen-bond acceptors (Lipinski definition) is 2. The van der Waals surface area contributed by atoms with Crippen LogP contribution in [0, 0.1) is 0 Å². The topological polar surface area (TPSA) is 24.4 Å². The Kier molecular flexibility index (Phi) is 3.00. The Hall–Kier alpha value is -0.790. The third-order valence-electron chi connectivity index (χ3n) is 1.55. The van der Waals surface area contributed by atoms with E-state index in [1.165, 1.54) is 6.42 Å². The highest BCUT2D eigenvalue weighted by Crippen LogP contribution is 1.96. The first-order valence-corrected chi connectivity index (χ1v) is 3.81. The summed E-state index contributed by atoms with van der Waals surface area (Å²) in [7, 11) is 0. The first-order valence-electron chi connectivity index (χ1n) is 3.81. The van der Waals surface area contributed by atoms with Crippen molar-refractivity contribution in [3.05, 3.63) is 12.7 Å². The second-order valence-corrected chi connectivity index (χ2v) is 2.44. The first kappa shape index (κ1) is 7.32. The Morgan fingerprint density at radius 3 is 3.20 bits per heavy atom. The van der Waals surface area contributed by atoms with E-state index in [1.807, 2.05) is 6.08 Å². The summed E-state index contributed by atoms with van der Waals surface area (Å²) in [5.41, 5.74) is 0. The van der Waals surface area contributed by atoms with Gasteiger partial charge in [0.05, 0.1) is 5.84 Å². The van der Waals surface area contributed by atoms with E-state index in [0.717, 1.165) is 31.8 Å². The molecular weight excluding hydrogens is 124 g/mol. The summed E-state index contributed by atoms with van der Waals surface area (Å²) in [5, 5.41) is 3.26. The fourth-order valence-electron chi connectivity index (χ4n) is 0.988. The second-order valence-electron chi connectivity index (χ2n) is 2.44. The van der Waals surface area contributed by atoms with Crippen molar-refractivity contribution in [1.82, 2.24) is 5.32 Å². The van der Waals surface area contributed by atoms with E-state index in [1.54, 1.807) is 0 Å². The van der Waals surface area contributed by atoms with Gasteiger partial charge in [0.25, 0.3) is 0 Å². The second kappa shape index (κ2) is 4.09. The molecule has 1 N–H and O–H groups in total. The molecular formula is C8H14N2. The van der Waals surface area contributed by atoms with Gasteiger partial charge in [0.2, 0.25) is 0 Å². The smallest absolute Gasteiger partial charge is 0.0966 e. The molecule has 10 heavy (non-hydrogen) atoms. The normalized spacial score (nSPS) is 17.4. The van der Waals surface area contributed by atoms with Crippen molar-refractivity contribution in [1.29, 1.82) is 0 Å². The monoisotopic (exact) mass is 138 g/mol. The molecule has 0 aromatic heterocycles. The SMILES string of the molecule is C=CCCC1=NCCCN1. The van der Waals surface area contributed by atoms with Crippen LogP contribution in [0.4, 0.5) is 0 Å². The molecule has 0 spiro atoms. The van der Waals surface area contributed by atoms with Crippen molar-refractivity contribution in [2.24, 2.45) is 4.99 Å². The van der Waals surface area contributed by atoms with Crippen LogP contribution in [0.3, 0.4) is 0 Å². The Bertz CT molecular complexity index is 138. The number of rotatable bonds is 3. The zero-order valence-electron chi connectivity index (χ0n) is 6.27. The van der Waals surface area contributed by atoms with Crippen LogP contribution in [-0.4, -0.2) is 18.9 Å². The Labute approximate surface area is 62.0 Å². The van der Waals surface area contributed by atoms with Crippen molar-refractivity contribution in [2.75, 3.05) is 13.1 Å². The van der Waals surface area contributed by atoms with Crippen LogP contribution >= 0.6 is 0 Å². The lowest BCUT2D eigenvalue weighted by Crippen LogP contribution is -2.28. The predicted molar refractivity (Wildman–Crippen MR) is 44.4 cm³/mol. The minimum Gasteiger partial charge on any atom is -0.374 e. The van der Waals surface area contributed by atoms with Crippen LogP contribution in [0.15, 0.2) is 17.6 Å². The molecule has 0 fully saturated rings. The molecule has 56 valence electrons. The molecule has 0 radical (unpaired) electrons. The molecule has 0 aromatic carbocycles. The molecule has 0 atom stereocenters. The highest BCUT2D eigenvalue weighted by molar-refractivity contribution is 5.82. The van der Waals surface area contributed by atoms with Gasteiger partial charge in [-0.15, -0.1) is 6.58 Å². The van der Waals surface area contributed by atoms with Gasteiger partial charge in [0.1, 0.15) is 0 Å². The van der Waals surface area contributed by atoms with Crippen LogP contribution in [-0.2, 0) is 0 Å². The third-order valence-corrected chi connectivity index (χ3v) is 1.55. The summed E-state index contributed by atoms with van der Waals surface area (Å²) in [6.45, 7) is 5.76. The first-order chi connectivity index (χ1) is 4.93. The van der Waals surface area contributed by atoms with Crippen LogP contribution in [0.1, 0.15) is 19.3 Å². The Morgan fingerprint density at radius 2 is 2.60 bits per heavy atom. The molecule has 0 saturated heterocycles. The molecule has 2 nitrogen and oxygen atoms in total. The molecule has 2 heteroatoms. The lowest BCUT2D eigenvalue weighted by atomic mass is 10.2. The number of amidine groups is 1. The third kappa shape index (κ3) is 2.21. The number of aliphatic imine (C=N–C) groups is 1. The average molecular weight is 138 g/mol. The summed E-state index contributed by atoms with van der Waals surface area (Å²) in [4.78, 5) is 4.32. The van der Waals surface area contributed by atoms with Crippen molar-refractivity contribution >= 4 is 5.84 Å². The largest absolute Gasteiger partial charge is 0.374 e. The van der Waals surface area contributed by atoms with Gasteiger partial charge in [-0.25, -0.2) is 0 Å². The van der Waals surface area contributed by atoms with Gasteiger partial charge in [-0.3, -0.25) is 4.99 Å². The zero-order valence-corrected chi connectivity index (χ0v) is 6.27. The summed E-state index contributed by atoms with van der Waals surface area (Å²) in [6.07, 6.45) is 5.17. The number of nitrogens with one attached hydrogen (secondary N) is 1. The molecule has 1 aliphatic heterocycles. The van der Waals surface area contributed by atoms with E-state index >= 15 is 0 Å². The van der Waals surface area contributed by atoms with E-state index in [-0.39, 0.29) is 0 Å². The number of hydrogen-bond donors (Lipinski definition) is 1. The standard InChI is InChI=1S/C8H14N2/c1-2-3-5-8-9-6-4-7-10-8/h2H,1,3-7H2,(H,9,10). The summed E-state index contributed by atoms with van der Waals surface area (Å²) < 4.78 is 0. The number of nitrogens with zero attached hydrogens (tertiary/aromatic N) is 1. The van der Waals surface area contributed by atoms with E-state index in [4.69, 9.17) is 0 Å². The quantitative estimate of drug-likeness (QED) is 0.585. The van der Waals surface area contributed by atoms with Crippen LogP contribution < -0.4 is 5.32 Å². The maximum absolute atomic E-state index is 4.32. The average Bonchev–Trinajstić information content (AvgIpc) is 2.03. The number of allylic oxidation sites excluding steroid dienone is 1. The van der Waals surface area contributed by atoms with Crippen molar-refractivity contribution in [2.45, 2.75) is 19.3 Å². The van der Waals surface area contributed by atoms with Crippen molar-refractivity contribution < 1.29 is 0 Å². The molecule has 0 aromatic rings. The van der Waals surface area contributed by atoms with Crippen LogP contribution in [0.5, 0.6) is 0 Å². The van der Waals surface area contributed by atoms with Gasteiger partial charge in [-0.2, -0.15) is 0 Å². The van der Waals surface area contributed by atoms with Crippen LogP contribution in [0.2, 0.25) is 0 Å². The van der Waals surface area contributed by atoms with E-state index in [2.05, 4.69) is 16.9 Å². The minimum absolute atomic E-state index is 0.999. The Morgan fingerprint density at radius 1 is 1.70 bits per heavy atom. The van der Waals surface area contributed by atoms with E-state index < -0.39 is 0 Å². The summed E-state index contributed by atoms with van der Waals surface area (Å²) in [5.74, 6) is 1.16. The molecule has 0 aliphatic carbocycles. The van der Waals surface area contributed by atoms with Gasteiger partial charge in [-0.1, -0.05) is 6.08 Å². The van der Waals surface area contributed by atoms with Crippen molar-refractivity contribution in [3.63, 3.8) is 0 Å². The van der Waals surface area contributed by atoms with E-state index in [9.17, 15) is 0 Å². The summed E-state index contributed by atoms with van der Waals surface area (Å²) >= 11 is 0. The van der Waals surface area contributed by atoms with E-state index in [0.29, 0.717) is 0 Å².